The number of hydrogen-bond donors (Lipinski definition) is 1. The van der Waals surface area contributed by atoms with Gasteiger partial charge < -0.3 is 14.8 Å². The second kappa shape index (κ2) is 10.1. The molecule has 4 rings (SSSR count). The summed E-state index contributed by atoms with van der Waals surface area (Å²) in [5.41, 5.74) is 0.822. The van der Waals surface area contributed by atoms with Crippen LogP contribution in [-0.2, 0) is 17.9 Å². The van der Waals surface area contributed by atoms with Crippen LogP contribution in [0, 0.1) is 5.82 Å². The molecule has 170 valence electrons. The van der Waals surface area contributed by atoms with Crippen molar-refractivity contribution in [2.75, 3.05) is 26.2 Å². The number of carbonyl (C=O) groups excluding carboxylic acids is 2. The van der Waals surface area contributed by atoms with E-state index in [2.05, 4.69) is 10.2 Å². The maximum absolute atomic E-state index is 13.0. The predicted molar refractivity (Wildman–Crippen MR) is 119 cm³/mol. The number of nitrogens with zero attached hydrogens (tertiary/aromatic N) is 3. The highest BCUT2D eigenvalue weighted by molar-refractivity contribution is 5.94. The molecule has 1 aromatic heterocycles. The van der Waals surface area contributed by atoms with Gasteiger partial charge in [-0.05, 0) is 36.6 Å². The molecule has 0 radical (unpaired) electrons. The van der Waals surface area contributed by atoms with E-state index in [9.17, 15) is 18.8 Å². The molecule has 2 fully saturated rings. The minimum Gasteiger partial charge on any atom is -0.350 e. The number of hydrogen-bond acceptors (Lipinski definition) is 4. The molecule has 0 spiro atoms. The fourth-order valence-electron chi connectivity index (χ4n) is 4.54. The maximum atomic E-state index is 13.0. The summed E-state index contributed by atoms with van der Waals surface area (Å²) in [6.07, 6.45) is 6.56. The lowest BCUT2D eigenvalue weighted by Crippen LogP contribution is -2.51. The van der Waals surface area contributed by atoms with Crippen molar-refractivity contribution in [3.8, 4) is 0 Å². The molecular formula is C24H29FN4O3. The van der Waals surface area contributed by atoms with Gasteiger partial charge in [0.1, 0.15) is 12.4 Å². The zero-order valence-corrected chi connectivity index (χ0v) is 18.1. The van der Waals surface area contributed by atoms with Crippen LogP contribution in [-0.4, -0.2) is 58.4 Å². The van der Waals surface area contributed by atoms with Gasteiger partial charge in [0.15, 0.2) is 0 Å². The van der Waals surface area contributed by atoms with Gasteiger partial charge in [-0.15, -0.1) is 0 Å². The molecule has 1 saturated heterocycles. The Morgan fingerprint density at radius 3 is 2.34 bits per heavy atom. The molecule has 1 aliphatic heterocycles. The van der Waals surface area contributed by atoms with Crippen LogP contribution >= 0.6 is 0 Å². The highest BCUT2D eigenvalue weighted by Gasteiger charge is 2.28. The Kier molecular flexibility index (Phi) is 6.99. The normalized spacial score (nSPS) is 17.5. The zero-order chi connectivity index (χ0) is 22.5. The van der Waals surface area contributed by atoms with Gasteiger partial charge in [-0.3, -0.25) is 19.3 Å². The number of halogens is 1. The van der Waals surface area contributed by atoms with E-state index in [0.717, 1.165) is 18.7 Å². The van der Waals surface area contributed by atoms with E-state index >= 15 is 0 Å². The van der Waals surface area contributed by atoms with Crippen molar-refractivity contribution in [2.24, 2.45) is 0 Å². The number of piperazine rings is 1. The monoisotopic (exact) mass is 440 g/mol. The fraction of sp³-hybridized carbons (Fsp3) is 0.458. The number of benzene rings is 1. The Hall–Kier alpha value is -3.00. The molecule has 1 N–H and O–H groups in total. The largest absolute Gasteiger partial charge is 0.350 e. The molecule has 1 saturated carbocycles. The van der Waals surface area contributed by atoms with Gasteiger partial charge in [-0.25, -0.2) is 4.39 Å². The number of nitrogens with one attached hydrogen (secondary N) is 1. The molecule has 0 unspecified atom stereocenters. The Morgan fingerprint density at radius 2 is 1.66 bits per heavy atom. The number of pyridine rings is 1. The number of rotatable bonds is 6. The van der Waals surface area contributed by atoms with Crippen molar-refractivity contribution >= 4 is 11.8 Å². The Balaban J connectivity index is 1.33. The van der Waals surface area contributed by atoms with Crippen LogP contribution in [0.15, 0.2) is 47.4 Å². The summed E-state index contributed by atoms with van der Waals surface area (Å²) in [6, 6.07) is 9.35. The topological polar surface area (TPSA) is 74.7 Å². The predicted octanol–water partition coefficient (Wildman–Crippen LogP) is 2.00. The average molecular weight is 441 g/mol. The second-order valence-electron chi connectivity index (χ2n) is 8.55. The summed E-state index contributed by atoms with van der Waals surface area (Å²) in [7, 11) is 0. The van der Waals surface area contributed by atoms with Gasteiger partial charge in [-0.1, -0.05) is 25.0 Å². The van der Waals surface area contributed by atoms with Crippen LogP contribution in [0.1, 0.15) is 41.6 Å². The molecular weight excluding hydrogens is 411 g/mol. The quantitative estimate of drug-likeness (QED) is 0.746. The third kappa shape index (κ3) is 5.43. The summed E-state index contributed by atoms with van der Waals surface area (Å²) in [5.74, 6) is -0.809. The summed E-state index contributed by atoms with van der Waals surface area (Å²) in [6.45, 7) is 3.15. The smallest absolute Gasteiger partial charge is 0.255 e. The Morgan fingerprint density at radius 1 is 0.969 bits per heavy atom. The number of amides is 2. The van der Waals surface area contributed by atoms with Gasteiger partial charge in [0.2, 0.25) is 5.91 Å². The van der Waals surface area contributed by atoms with Gasteiger partial charge in [-0.2, -0.15) is 0 Å². The van der Waals surface area contributed by atoms with Crippen molar-refractivity contribution < 1.29 is 14.0 Å². The van der Waals surface area contributed by atoms with Gasteiger partial charge >= 0.3 is 0 Å². The van der Waals surface area contributed by atoms with Gasteiger partial charge in [0, 0.05) is 51.0 Å². The molecule has 2 aliphatic rings. The van der Waals surface area contributed by atoms with Crippen molar-refractivity contribution in [3.05, 3.63) is 69.9 Å². The van der Waals surface area contributed by atoms with Crippen molar-refractivity contribution in [1.82, 2.24) is 19.7 Å². The molecule has 0 bridgehead atoms. The van der Waals surface area contributed by atoms with Crippen LogP contribution in [0.4, 0.5) is 4.39 Å². The first-order valence-electron chi connectivity index (χ1n) is 11.2. The molecule has 7 nitrogen and oxygen atoms in total. The molecule has 2 amide bonds. The van der Waals surface area contributed by atoms with E-state index in [1.165, 1.54) is 60.7 Å². The van der Waals surface area contributed by atoms with Crippen LogP contribution in [0.25, 0.3) is 0 Å². The highest BCUT2D eigenvalue weighted by atomic mass is 19.1. The lowest BCUT2D eigenvalue weighted by atomic mass is 10.1. The van der Waals surface area contributed by atoms with E-state index in [-0.39, 0.29) is 36.3 Å². The van der Waals surface area contributed by atoms with E-state index in [4.69, 9.17) is 0 Å². The SMILES string of the molecule is O=C(Cn1cc(C(=O)N2CCN(C3CCCC3)CC2)ccc1=O)NCc1ccc(F)cc1. The molecule has 2 heterocycles. The third-order valence-corrected chi connectivity index (χ3v) is 6.39. The third-order valence-electron chi connectivity index (χ3n) is 6.39. The van der Waals surface area contributed by atoms with Crippen molar-refractivity contribution in [3.63, 3.8) is 0 Å². The summed E-state index contributed by atoms with van der Waals surface area (Å²) in [4.78, 5) is 41.8. The molecule has 8 heteroatoms. The van der Waals surface area contributed by atoms with Gasteiger partial charge in [0.05, 0.1) is 5.56 Å². The van der Waals surface area contributed by atoms with Crippen molar-refractivity contribution in [1.29, 1.82) is 0 Å². The van der Waals surface area contributed by atoms with E-state index in [1.807, 2.05) is 4.90 Å². The van der Waals surface area contributed by atoms with Crippen LogP contribution < -0.4 is 10.9 Å². The molecule has 0 atom stereocenters. The summed E-state index contributed by atoms with van der Waals surface area (Å²) in [5, 5.41) is 2.72. The van der Waals surface area contributed by atoms with E-state index in [0.29, 0.717) is 24.7 Å². The first kappa shape index (κ1) is 22.2. The molecule has 1 aliphatic carbocycles. The van der Waals surface area contributed by atoms with E-state index < -0.39 is 0 Å². The second-order valence-corrected chi connectivity index (χ2v) is 8.55. The standard InChI is InChI=1S/C24H29FN4O3/c25-20-8-5-18(6-9-20)15-26-22(30)17-29-16-19(7-10-23(29)31)24(32)28-13-11-27(12-14-28)21-3-1-2-4-21/h5-10,16,21H,1-4,11-15,17H2,(H,26,30). The Labute approximate surface area is 186 Å². The minimum atomic E-state index is -0.355. The van der Waals surface area contributed by atoms with Crippen LogP contribution in [0.5, 0.6) is 0 Å². The number of aromatic nitrogens is 1. The summed E-state index contributed by atoms with van der Waals surface area (Å²) < 4.78 is 14.2. The average Bonchev–Trinajstić information content (AvgIpc) is 3.35. The van der Waals surface area contributed by atoms with Crippen LogP contribution in [0.2, 0.25) is 0 Å². The maximum Gasteiger partial charge on any atom is 0.255 e. The van der Waals surface area contributed by atoms with E-state index in [1.54, 1.807) is 12.1 Å². The van der Waals surface area contributed by atoms with Crippen molar-refractivity contribution in [2.45, 2.75) is 44.8 Å². The molecule has 2 aromatic rings. The zero-order valence-electron chi connectivity index (χ0n) is 18.1. The molecule has 32 heavy (non-hydrogen) atoms. The minimum absolute atomic E-state index is 0.114. The first-order valence-corrected chi connectivity index (χ1v) is 11.2. The number of carbonyl (C=O) groups is 2. The summed E-state index contributed by atoms with van der Waals surface area (Å²) >= 11 is 0. The van der Waals surface area contributed by atoms with Gasteiger partial charge in [0.25, 0.3) is 11.5 Å². The fourth-order valence-corrected chi connectivity index (χ4v) is 4.54. The van der Waals surface area contributed by atoms with Crippen LogP contribution in [0.3, 0.4) is 0 Å². The first-order chi connectivity index (χ1) is 15.5. The lowest BCUT2D eigenvalue weighted by Gasteiger charge is -2.38. The molecule has 1 aromatic carbocycles. The lowest BCUT2D eigenvalue weighted by molar-refractivity contribution is -0.121. The highest BCUT2D eigenvalue weighted by Crippen LogP contribution is 2.24. The Bertz CT molecular complexity index is 1010.